The first-order valence-corrected chi connectivity index (χ1v) is 2.93. The zero-order valence-electron chi connectivity index (χ0n) is 5.18. The number of piperazine rings is 1. The van der Waals surface area contributed by atoms with Gasteiger partial charge in [-0.2, -0.15) is 5.06 Å². The molecule has 0 aromatic heterocycles. The second-order valence-electron chi connectivity index (χ2n) is 1.86. The maximum atomic E-state index is 4.98. The fourth-order valence-electron chi connectivity index (χ4n) is 0.827. The van der Waals surface area contributed by atoms with E-state index in [0.29, 0.717) is 0 Å². The Bertz CT molecular complexity index is 61.4. The van der Waals surface area contributed by atoms with E-state index in [0.717, 1.165) is 26.2 Å². The molecule has 0 unspecified atom stereocenters. The van der Waals surface area contributed by atoms with E-state index in [9.17, 15) is 0 Å². The summed E-state index contributed by atoms with van der Waals surface area (Å²) < 4.78 is 0. The Kier molecular flexibility index (Phi) is 2.27. The first-order chi connectivity index (χ1) is 3.93. The molecule has 8 heavy (non-hydrogen) atoms. The van der Waals surface area contributed by atoms with Crippen LogP contribution in [0.4, 0.5) is 0 Å². The van der Waals surface area contributed by atoms with Gasteiger partial charge in [0.25, 0.3) is 0 Å². The summed E-state index contributed by atoms with van der Waals surface area (Å²) in [5, 5.41) is 5.18. The van der Waals surface area contributed by atoms with Crippen LogP contribution in [-0.2, 0) is 4.84 Å². The van der Waals surface area contributed by atoms with Crippen molar-refractivity contribution in [2.75, 3.05) is 33.3 Å². The molecule has 0 spiro atoms. The Balaban J connectivity index is 2.13. The van der Waals surface area contributed by atoms with Crippen LogP contribution < -0.4 is 5.32 Å². The molecule has 0 aromatic rings. The second kappa shape index (κ2) is 3.02. The highest BCUT2D eigenvalue weighted by Gasteiger charge is 2.06. The van der Waals surface area contributed by atoms with Crippen LogP contribution in [0, 0.1) is 0 Å². The Morgan fingerprint density at radius 2 is 2.00 bits per heavy atom. The van der Waals surface area contributed by atoms with Crippen LogP contribution in [0.5, 0.6) is 0 Å². The highest BCUT2D eigenvalue weighted by Crippen LogP contribution is 1.88. The molecule has 1 saturated heterocycles. The summed E-state index contributed by atoms with van der Waals surface area (Å²) in [6.07, 6.45) is 0. The van der Waals surface area contributed by atoms with Gasteiger partial charge in [-0.25, -0.2) is 0 Å². The van der Waals surface area contributed by atoms with Gasteiger partial charge < -0.3 is 10.2 Å². The molecule has 0 aromatic carbocycles. The first kappa shape index (κ1) is 6.01. The number of hydroxylamine groups is 2. The number of nitrogens with zero attached hydrogens (tertiary/aromatic N) is 1. The molecule has 3 nitrogen and oxygen atoms in total. The molecule has 0 bridgehead atoms. The zero-order chi connectivity index (χ0) is 5.82. The van der Waals surface area contributed by atoms with E-state index in [2.05, 4.69) is 5.32 Å². The molecule has 0 amide bonds. The summed E-state index contributed by atoms with van der Waals surface area (Å²) in [6.45, 7) is 4.12. The number of nitrogens with one attached hydrogen (secondary N) is 1. The highest BCUT2D eigenvalue weighted by atomic mass is 16.7. The Morgan fingerprint density at radius 3 is 2.38 bits per heavy atom. The van der Waals surface area contributed by atoms with Crippen molar-refractivity contribution in [3.05, 3.63) is 0 Å². The molecule has 48 valence electrons. The fraction of sp³-hybridized carbons (Fsp3) is 1.00. The molecule has 0 atom stereocenters. The van der Waals surface area contributed by atoms with Crippen molar-refractivity contribution < 1.29 is 4.84 Å². The summed E-state index contributed by atoms with van der Waals surface area (Å²) in [5.74, 6) is 0. The van der Waals surface area contributed by atoms with Gasteiger partial charge in [0.05, 0.1) is 7.11 Å². The number of hydrogen-bond acceptors (Lipinski definition) is 3. The predicted octanol–water partition coefficient (Wildman–Crippen LogP) is -0.547. The van der Waals surface area contributed by atoms with E-state index in [1.165, 1.54) is 0 Å². The van der Waals surface area contributed by atoms with E-state index in [1.54, 1.807) is 7.11 Å². The standard InChI is InChI=1S/C5H12N2O/c1-8-7-4-2-6-3-5-7/h6H,2-5H2,1H3. The predicted molar refractivity (Wildman–Crippen MR) is 31.5 cm³/mol. The lowest BCUT2D eigenvalue weighted by atomic mass is 10.4. The molecule has 0 aliphatic carbocycles. The molecular formula is C5H12N2O. The minimum atomic E-state index is 1.01. The minimum absolute atomic E-state index is 1.01. The molecule has 1 rings (SSSR count). The van der Waals surface area contributed by atoms with Crippen molar-refractivity contribution in [2.24, 2.45) is 0 Å². The Hall–Kier alpha value is -0.120. The van der Waals surface area contributed by atoms with E-state index >= 15 is 0 Å². The van der Waals surface area contributed by atoms with Gasteiger partial charge in [-0.15, -0.1) is 0 Å². The summed E-state index contributed by atoms with van der Waals surface area (Å²) in [7, 11) is 1.71. The molecule has 1 N–H and O–H groups in total. The topological polar surface area (TPSA) is 24.5 Å². The molecular weight excluding hydrogens is 104 g/mol. The van der Waals surface area contributed by atoms with Crippen LogP contribution in [0.3, 0.4) is 0 Å². The molecule has 1 aliphatic heterocycles. The van der Waals surface area contributed by atoms with E-state index in [4.69, 9.17) is 4.84 Å². The fourth-order valence-corrected chi connectivity index (χ4v) is 0.827. The molecule has 1 heterocycles. The van der Waals surface area contributed by atoms with E-state index in [-0.39, 0.29) is 0 Å². The van der Waals surface area contributed by atoms with Crippen LogP contribution in [0.25, 0.3) is 0 Å². The third kappa shape index (κ3) is 1.43. The highest BCUT2D eigenvalue weighted by molar-refractivity contribution is 4.59. The molecule has 1 aliphatic rings. The summed E-state index contributed by atoms with van der Waals surface area (Å²) in [6, 6.07) is 0. The third-order valence-corrected chi connectivity index (χ3v) is 1.33. The van der Waals surface area contributed by atoms with Gasteiger partial charge in [0.2, 0.25) is 0 Å². The van der Waals surface area contributed by atoms with Gasteiger partial charge in [-0.05, 0) is 0 Å². The molecule has 1 fully saturated rings. The third-order valence-electron chi connectivity index (χ3n) is 1.33. The van der Waals surface area contributed by atoms with Gasteiger partial charge in [0, 0.05) is 26.2 Å². The lowest BCUT2D eigenvalue weighted by Crippen LogP contribution is -2.42. The summed E-state index contributed by atoms with van der Waals surface area (Å²) in [4.78, 5) is 4.98. The number of hydrogen-bond donors (Lipinski definition) is 1. The van der Waals surface area contributed by atoms with Crippen LogP contribution in [0.15, 0.2) is 0 Å². The normalized spacial score (nSPS) is 23.6. The van der Waals surface area contributed by atoms with Crippen molar-refractivity contribution in [3.8, 4) is 0 Å². The van der Waals surface area contributed by atoms with Crippen molar-refractivity contribution in [1.82, 2.24) is 10.4 Å². The van der Waals surface area contributed by atoms with E-state index in [1.807, 2.05) is 5.06 Å². The van der Waals surface area contributed by atoms with Gasteiger partial charge in [-0.3, -0.25) is 0 Å². The Morgan fingerprint density at radius 1 is 1.38 bits per heavy atom. The van der Waals surface area contributed by atoms with Crippen molar-refractivity contribution in [1.29, 1.82) is 0 Å². The van der Waals surface area contributed by atoms with Crippen LogP contribution >= 0.6 is 0 Å². The maximum absolute atomic E-state index is 4.98. The van der Waals surface area contributed by atoms with Crippen LogP contribution in [0.1, 0.15) is 0 Å². The van der Waals surface area contributed by atoms with Crippen molar-refractivity contribution in [3.63, 3.8) is 0 Å². The van der Waals surface area contributed by atoms with Gasteiger partial charge >= 0.3 is 0 Å². The minimum Gasteiger partial charge on any atom is -0.314 e. The average molecular weight is 116 g/mol. The monoisotopic (exact) mass is 116 g/mol. The summed E-state index contributed by atoms with van der Waals surface area (Å²) in [5.41, 5.74) is 0. The lowest BCUT2D eigenvalue weighted by molar-refractivity contribution is -0.136. The summed E-state index contributed by atoms with van der Waals surface area (Å²) >= 11 is 0. The largest absolute Gasteiger partial charge is 0.314 e. The van der Waals surface area contributed by atoms with Gasteiger partial charge in [-0.1, -0.05) is 0 Å². The van der Waals surface area contributed by atoms with Crippen molar-refractivity contribution in [2.45, 2.75) is 0 Å². The lowest BCUT2D eigenvalue weighted by Gasteiger charge is -2.24. The number of rotatable bonds is 1. The van der Waals surface area contributed by atoms with Crippen LogP contribution in [-0.4, -0.2) is 38.4 Å². The zero-order valence-corrected chi connectivity index (χ0v) is 5.18. The van der Waals surface area contributed by atoms with E-state index < -0.39 is 0 Å². The van der Waals surface area contributed by atoms with Crippen molar-refractivity contribution >= 4 is 0 Å². The first-order valence-electron chi connectivity index (χ1n) is 2.93. The van der Waals surface area contributed by atoms with Gasteiger partial charge in [0.1, 0.15) is 0 Å². The second-order valence-corrected chi connectivity index (χ2v) is 1.86. The van der Waals surface area contributed by atoms with Gasteiger partial charge in [0.15, 0.2) is 0 Å². The average Bonchev–Trinajstić information content (AvgIpc) is 1.90. The smallest absolute Gasteiger partial charge is 0.0575 e. The molecule has 0 saturated carbocycles. The quantitative estimate of drug-likeness (QED) is 0.497. The molecule has 0 radical (unpaired) electrons. The maximum Gasteiger partial charge on any atom is 0.0575 e. The SMILES string of the molecule is CON1CCNCC1. The molecule has 3 heteroatoms. The Labute approximate surface area is 49.6 Å². The van der Waals surface area contributed by atoms with Crippen LogP contribution in [0.2, 0.25) is 0 Å².